The number of thiocarbonyl (C=S) groups is 1. The van der Waals surface area contributed by atoms with Gasteiger partial charge in [0.1, 0.15) is 11.0 Å². The van der Waals surface area contributed by atoms with Crippen molar-refractivity contribution in [2.75, 3.05) is 31.6 Å². The van der Waals surface area contributed by atoms with Crippen LogP contribution in [0.5, 0.6) is 0 Å². The standard InChI is InChI=1S/C15H21N3O2S/c1-10-3-4-13(12(9-10)14(16)21)17-11(2)15(19)18-5-7-20-8-6-18/h3-4,9,11,17H,5-8H2,1-2H3,(H2,16,21). The van der Waals surface area contributed by atoms with E-state index in [9.17, 15) is 4.79 Å². The average Bonchev–Trinajstić information content (AvgIpc) is 2.49. The van der Waals surface area contributed by atoms with Gasteiger partial charge < -0.3 is 20.7 Å². The predicted molar refractivity (Wildman–Crippen MR) is 87.6 cm³/mol. The van der Waals surface area contributed by atoms with Gasteiger partial charge in [-0.15, -0.1) is 0 Å². The molecule has 1 atom stereocenters. The minimum atomic E-state index is -0.334. The van der Waals surface area contributed by atoms with Gasteiger partial charge in [-0.1, -0.05) is 23.8 Å². The van der Waals surface area contributed by atoms with Crippen LogP contribution in [0.3, 0.4) is 0 Å². The minimum Gasteiger partial charge on any atom is -0.389 e. The van der Waals surface area contributed by atoms with Crippen molar-refractivity contribution in [2.24, 2.45) is 5.73 Å². The third kappa shape index (κ3) is 3.92. The van der Waals surface area contributed by atoms with Crippen LogP contribution in [0.2, 0.25) is 0 Å². The molecule has 0 radical (unpaired) electrons. The molecule has 1 aromatic carbocycles. The molecule has 1 aliphatic heterocycles. The van der Waals surface area contributed by atoms with Gasteiger partial charge in [0, 0.05) is 24.3 Å². The van der Waals surface area contributed by atoms with E-state index in [1.54, 1.807) is 0 Å². The number of hydrogen-bond donors (Lipinski definition) is 2. The number of amides is 1. The van der Waals surface area contributed by atoms with Crippen LogP contribution in [-0.2, 0) is 9.53 Å². The topological polar surface area (TPSA) is 67.6 Å². The highest BCUT2D eigenvalue weighted by molar-refractivity contribution is 7.80. The maximum absolute atomic E-state index is 12.4. The van der Waals surface area contributed by atoms with Crippen molar-refractivity contribution in [3.63, 3.8) is 0 Å². The number of carbonyl (C=O) groups excluding carboxylic acids is 1. The van der Waals surface area contributed by atoms with E-state index in [1.165, 1.54) is 0 Å². The van der Waals surface area contributed by atoms with Crippen molar-refractivity contribution in [2.45, 2.75) is 19.9 Å². The lowest BCUT2D eigenvalue weighted by molar-refractivity contribution is -0.135. The van der Waals surface area contributed by atoms with Gasteiger partial charge in [0.25, 0.3) is 0 Å². The Bertz CT molecular complexity index is 542. The van der Waals surface area contributed by atoms with E-state index in [1.807, 2.05) is 36.9 Å². The summed E-state index contributed by atoms with van der Waals surface area (Å²) in [5, 5.41) is 3.22. The van der Waals surface area contributed by atoms with Crippen LogP contribution in [-0.4, -0.2) is 48.1 Å². The van der Waals surface area contributed by atoms with Crippen molar-refractivity contribution >= 4 is 28.8 Å². The zero-order valence-corrected chi connectivity index (χ0v) is 13.2. The summed E-state index contributed by atoms with van der Waals surface area (Å²) in [6.07, 6.45) is 0. The molecule has 1 amide bonds. The molecule has 5 nitrogen and oxygen atoms in total. The predicted octanol–water partition coefficient (Wildman–Crippen LogP) is 1.29. The van der Waals surface area contributed by atoms with E-state index >= 15 is 0 Å². The lowest BCUT2D eigenvalue weighted by Crippen LogP contribution is -2.47. The molecule has 1 aromatic rings. The fourth-order valence-corrected chi connectivity index (χ4v) is 2.51. The van der Waals surface area contributed by atoms with Crippen molar-refractivity contribution in [1.82, 2.24) is 4.90 Å². The Labute approximate surface area is 130 Å². The van der Waals surface area contributed by atoms with Gasteiger partial charge in [-0.25, -0.2) is 0 Å². The highest BCUT2D eigenvalue weighted by atomic mass is 32.1. The third-order valence-electron chi connectivity index (χ3n) is 3.51. The number of carbonyl (C=O) groups is 1. The van der Waals surface area contributed by atoms with E-state index in [4.69, 9.17) is 22.7 Å². The largest absolute Gasteiger partial charge is 0.389 e. The first-order valence-corrected chi connectivity index (χ1v) is 7.43. The number of anilines is 1. The summed E-state index contributed by atoms with van der Waals surface area (Å²) in [7, 11) is 0. The summed E-state index contributed by atoms with van der Waals surface area (Å²) >= 11 is 5.08. The highest BCUT2D eigenvalue weighted by Gasteiger charge is 2.23. The van der Waals surface area contributed by atoms with Crippen LogP contribution >= 0.6 is 12.2 Å². The Balaban J connectivity index is 2.10. The van der Waals surface area contributed by atoms with Gasteiger partial charge in [-0.2, -0.15) is 0 Å². The first-order valence-electron chi connectivity index (χ1n) is 7.02. The van der Waals surface area contributed by atoms with Crippen LogP contribution in [0.25, 0.3) is 0 Å². The van der Waals surface area contributed by atoms with E-state index in [0.717, 1.165) is 16.8 Å². The fourth-order valence-electron chi connectivity index (χ4n) is 2.34. The van der Waals surface area contributed by atoms with Crippen LogP contribution < -0.4 is 11.1 Å². The molecule has 1 fully saturated rings. The molecule has 1 unspecified atom stereocenters. The number of nitrogens with one attached hydrogen (secondary N) is 1. The zero-order chi connectivity index (χ0) is 15.4. The second-order valence-electron chi connectivity index (χ2n) is 5.22. The number of aryl methyl sites for hydroxylation is 1. The van der Waals surface area contributed by atoms with E-state index < -0.39 is 0 Å². The fraction of sp³-hybridized carbons (Fsp3) is 0.467. The molecule has 21 heavy (non-hydrogen) atoms. The summed E-state index contributed by atoms with van der Waals surface area (Å²) in [4.78, 5) is 14.5. The zero-order valence-electron chi connectivity index (χ0n) is 12.4. The summed E-state index contributed by atoms with van der Waals surface area (Å²) in [5.41, 5.74) is 8.40. The van der Waals surface area contributed by atoms with Crippen LogP contribution in [0, 0.1) is 6.92 Å². The van der Waals surface area contributed by atoms with Crippen molar-refractivity contribution in [1.29, 1.82) is 0 Å². The Morgan fingerprint density at radius 1 is 1.43 bits per heavy atom. The second kappa shape index (κ2) is 6.87. The van der Waals surface area contributed by atoms with Gasteiger partial charge in [-0.05, 0) is 26.0 Å². The monoisotopic (exact) mass is 307 g/mol. The normalized spacial score (nSPS) is 16.4. The van der Waals surface area contributed by atoms with Gasteiger partial charge in [0.05, 0.1) is 13.2 Å². The van der Waals surface area contributed by atoms with Crippen LogP contribution in [0.15, 0.2) is 18.2 Å². The molecule has 0 saturated carbocycles. The van der Waals surface area contributed by atoms with Crippen LogP contribution in [0.4, 0.5) is 5.69 Å². The van der Waals surface area contributed by atoms with E-state index in [0.29, 0.717) is 31.3 Å². The van der Waals surface area contributed by atoms with Crippen molar-refractivity contribution in [3.05, 3.63) is 29.3 Å². The average molecular weight is 307 g/mol. The maximum atomic E-state index is 12.4. The van der Waals surface area contributed by atoms with Crippen molar-refractivity contribution < 1.29 is 9.53 Å². The smallest absolute Gasteiger partial charge is 0.244 e. The van der Waals surface area contributed by atoms with E-state index in [-0.39, 0.29) is 11.9 Å². The van der Waals surface area contributed by atoms with Crippen molar-refractivity contribution in [3.8, 4) is 0 Å². The van der Waals surface area contributed by atoms with E-state index in [2.05, 4.69) is 5.32 Å². The first-order chi connectivity index (χ1) is 9.99. The molecule has 0 aliphatic carbocycles. The molecule has 3 N–H and O–H groups in total. The molecular formula is C15H21N3O2S. The molecule has 0 bridgehead atoms. The molecule has 6 heteroatoms. The van der Waals surface area contributed by atoms with Gasteiger partial charge in [0.2, 0.25) is 5.91 Å². The van der Waals surface area contributed by atoms with Crippen LogP contribution in [0.1, 0.15) is 18.1 Å². The second-order valence-corrected chi connectivity index (χ2v) is 5.66. The first kappa shape index (κ1) is 15.7. The van der Waals surface area contributed by atoms with Gasteiger partial charge >= 0.3 is 0 Å². The molecule has 0 spiro atoms. The molecule has 1 saturated heterocycles. The Hall–Kier alpha value is -1.66. The molecule has 2 rings (SSSR count). The minimum absolute atomic E-state index is 0.0627. The lowest BCUT2D eigenvalue weighted by atomic mass is 10.1. The van der Waals surface area contributed by atoms with Gasteiger partial charge in [0.15, 0.2) is 0 Å². The summed E-state index contributed by atoms with van der Waals surface area (Å²) in [5.74, 6) is 0.0627. The SMILES string of the molecule is Cc1ccc(NC(C)C(=O)N2CCOCC2)c(C(N)=S)c1. The molecule has 114 valence electrons. The number of morpholine rings is 1. The molecule has 1 heterocycles. The number of nitrogens with zero attached hydrogens (tertiary/aromatic N) is 1. The Morgan fingerprint density at radius 2 is 2.10 bits per heavy atom. The number of ether oxygens (including phenoxy) is 1. The Kier molecular flexibility index (Phi) is 5.14. The number of nitrogens with two attached hydrogens (primary N) is 1. The summed E-state index contributed by atoms with van der Waals surface area (Å²) < 4.78 is 5.26. The number of hydrogen-bond acceptors (Lipinski definition) is 4. The number of benzene rings is 1. The molecule has 0 aromatic heterocycles. The Morgan fingerprint density at radius 3 is 2.71 bits per heavy atom. The quantitative estimate of drug-likeness (QED) is 0.821. The summed E-state index contributed by atoms with van der Waals surface area (Å²) in [6.45, 7) is 6.30. The lowest BCUT2D eigenvalue weighted by Gasteiger charge is -2.30. The highest BCUT2D eigenvalue weighted by Crippen LogP contribution is 2.19. The van der Waals surface area contributed by atoms with Gasteiger partial charge in [-0.3, -0.25) is 4.79 Å². The molecule has 1 aliphatic rings. The maximum Gasteiger partial charge on any atom is 0.244 e. The third-order valence-corrected chi connectivity index (χ3v) is 3.73. The number of rotatable bonds is 4. The summed E-state index contributed by atoms with van der Waals surface area (Å²) in [6, 6.07) is 5.47. The molecular weight excluding hydrogens is 286 g/mol.